The van der Waals surface area contributed by atoms with Crippen molar-refractivity contribution in [3.8, 4) is 5.75 Å². The Kier molecular flexibility index (Phi) is 7.34. The van der Waals surface area contributed by atoms with Crippen molar-refractivity contribution in [3.63, 3.8) is 0 Å². The van der Waals surface area contributed by atoms with Crippen molar-refractivity contribution in [1.82, 2.24) is 15.5 Å². The molecular weight excluding hydrogens is 352 g/mol. The first-order chi connectivity index (χ1) is 13.7. The van der Waals surface area contributed by atoms with Gasteiger partial charge in [0.1, 0.15) is 5.75 Å². The molecule has 1 aliphatic carbocycles. The Morgan fingerprint density at radius 1 is 1.29 bits per heavy atom. The van der Waals surface area contributed by atoms with E-state index in [-0.39, 0.29) is 12.5 Å². The third-order valence-electron chi connectivity index (χ3n) is 5.54. The first-order valence-electron chi connectivity index (χ1n) is 10.3. The highest BCUT2D eigenvalue weighted by Crippen LogP contribution is 2.25. The molecule has 0 aromatic heterocycles. The summed E-state index contributed by atoms with van der Waals surface area (Å²) in [7, 11) is 3.46. The van der Waals surface area contributed by atoms with Crippen molar-refractivity contribution in [2.75, 3.05) is 33.8 Å². The number of nitrogens with one attached hydrogen (secondary N) is 2. The highest BCUT2D eigenvalue weighted by atomic mass is 16.5. The maximum absolute atomic E-state index is 12.2. The number of carbonyl (C=O) groups excluding carboxylic acids is 1. The van der Waals surface area contributed by atoms with Crippen LogP contribution in [0.15, 0.2) is 35.3 Å². The van der Waals surface area contributed by atoms with Gasteiger partial charge < -0.3 is 20.3 Å². The molecule has 28 heavy (non-hydrogen) atoms. The largest absolute Gasteiger partial charge is 0.497 e. The molecule has 3 rings (SSSR count). The quantitative estimate of drug-likeness (QED) is 0.605. The lowest BCUT2D eigenvalue weighted by molar-refractivity contribution is -0.120. The van der Waals surface area contributed by atoms with Crippen LogP contribution in [0.4, 0.5) is 0 Å². The van der Waals surface area contributed by atoms with E-state index in [2.05, 4.69) is 38.7 Å². The van der Waals surface area contributed by atoms with Crippen LogP contribution in [-0.4, -0.2) is 56.6 Å². The predicted octanol–water partition coefficient (Wildman–Crippen LogP) is 2.81. The van der Waals surface area contributed by atoms with Gasteiger partial charge in [0.05, 0.1) is 13.7 Å². The fourth-order valence-electron chi connectivity index (χ4n) is 3.96. The Morgan fingerprint density at radius 3 is 2.79 bits per heavy atom. The lowest BCUT2D eigenvalue weighted by Gasteiger charge is -2.30. The smallest absolute Gasteiger partial charge is 0.239 e. The van der Waals surface area contributed by atoms with Crippen molar-refractivity contribution in [2.24, 2.45) is 4.99 Å². The Morgan fingerprint density at radius 2 is 2.11 bits per heavy atom. The summed E-state index contributed by atoms with van der Waals surface area (Å²) in [6.07, 6.45) is 9.09. The molecule has 1 aliphatic heterocycles. The number of benzene rings is 1. The molecule has 0 bridgehead atoms. The molecular formula is C22H32N4O2. The van der Waals surface area contributed by atoms with Gasteiger partial charge in [0.25, 0.3) is 0 Å². The van der Waals surface area contributed by atoms with Gasteiger partial charge >= 0.3 is 0 Å². The zero-order chi connectivity index (χ0) is 19.8. The fraction of sp³-hybridized carbons (Fsp3) is 0.545. The van der Waals surface area contributed by atoms with Crippen molar-refractivity contribution in [1.29, 1.82) is 0 Å². The van der Waals surface area contributed by atoms with Crippen molar-refractivity contribution in [3.05, 3.63) is 35.9 Å². The van der Waals surface area contributed by atoms with Gasteiger partial charge in [-0.3, -0.25) is 9.79 Å². The second-order valence-electron chi connectivity index (χ2n) is 7.46. The van der Waals surface area contributed by atoms with Crippen LogP contribution in [0.2, 0.25) is 0 Å². The number of rotatable bonds is 5. The highest BCUT2D eigenvalue weighted by molar-refractivity contribution is 5.87. The average molecular weight is 385 g/mol. The Bertz CT molecular complexity index is 723. The Labute approximate surface area is 168 Å². The van der Waals surface area contributed by atoms with Crippen LogP contribution >= 0.6 is 0 Å². The molecule has 2 aliphatic rings. The minimum atomic E-state index is 0.0534. The molecule has 0 saturated heterocycles. The van der Waals surface area contributed by atoms with Crippen LogP contribution < -0.4 is 15.4 Å². The average Bonchev–Trinajstić information content (AvgIpc) is 2.75. The van der Waals surface area contributed by atoms with Crippen molar-refractivity contribution in [2.45, 2.75) is 44.6 Å². The number of nitrogens with zero attached hydrogens (tertiary/aromatic N) is 2. The van der Waals surface area contributed by atoms with Crippen LogP contribution in [0, 0.1) is 0 Å². The Hall–Kier alpha value is -2.50. The van der Waals surface area contributed by atoms with Crippen LogP contribution in [0.3, 0.4) is 0 Å². The lowest BCUT2D eigenvalue weighted by atomic mass is 9.95. The van der Waals surface area contributed by atoms with Gasteiger partial charge in [0.15, 0.2) is 5.96 Å². The monoisotopic (exact) mass is 384 g/mol. The maximum atomic E-state index is 12.2. The lowest BCUT2D eigenvalue weighted by Crippen LogP contribution is -2.48. The molecule has 1 fully saturated rings. The fourth-order valence-corrected chi connectivity index (χ4v) is 3.96. The summed E-state index contributed by atoms with van der Waals surface area (Å²) >= 11 is 0. The number of ether oxygens (including phenoxy) is 1. The van der Waals surface area contributed by atoms with Gasteiger partial charge in [-0.05, 0) is 42.5 Å². The van der Waals surface area contributed by atoms with Gasteiger partial charge in [-0.25, -0.2) is 0 Å². The molecule has 152 valence electrons. The summed E-state index contributed by atoms with van der Waals surface area (Å²) in [6.45, 7) is 1.91. The number of hydrogen-bond donors (Lipinski definition) is 2. The first kappa shape index (κ1) is 20.2. The van der Waals surface area contributed by atoms with Gasteiger partial charge in [0, 0.05) is 26.2 Å². The topological polar surface area (TPSA) is 66.0 Å². The zero-order valence-electron chi connectivity index (χ0n) is 17.0. The van der Waals surface area contributed by atoms with E-state index in [4.69, 9.17) is 4.74 Å². The molecule has 1 heterocycles. The normalized spacial score (nSPS) is 18.4. The van der Waals surface area contributed by atoms with Crippen LogP contribution in [0.1, 0.15) is 44.1 Å². The third kappa shape index (κ3) is 5.50. The van der Waals surface area contributed by atoms with E-state index in [9.17, 15) is 4.79 Å². The molecule has 0 spiro atoms. The maximum Gasteiger partial charge on any atom is 0.239 e. The number of methoxy groups -OCH3 is 1. The number of aliphatic imine (C=N–C) groups is 1. The Balaban J connectivity index is 1.50. The summed E-state index contributed by atoms with van der Waals surface area (Å²) in [5.41, 5.74) is 2.52. The SMILES string of the molecule is CN=C(NCC(=O)NC1CCCCC1)N1CC=C(c2cccc(OC)c2)CC1. The van der Waals surface area contributed by atoms with Gasteiger partial charge in [-0.15, -0.1) is 0 Å². The molecule has 0 unspecified atom stereocenters. The molecule has 6 heteroatoms. The van der Waals surface area contributed by atoms with Crippen LogP contribution in [0.25, 0.3) is 5.57 Å². The summed E-state index contributed by atoms with van der Waals surface area (Å²) in [4.78, 5) is 18.8. The number of amides is 1. The van der Waals surface area contributed by atoms with E-state index in [1.54, 1.807) is 14.2 Å². The van der Waals surface area contributed by atoms with Crippen molar-refractivity contribution < 1.29 is 9.53 Å². The molecule has 1 aromatic rings. The molecule has 1 aromatic carbocycles. The summed E-state index contributed by atoms with van der Waals surface area (Å²) in [6, 6.07) is 8.51. The molecule has 1 amide bonds. The molecule has 0 radical (unpaired) electrons. The van der Waals surface area contributed by atoms with Crippen molar-refractivity contribution >= 4 is 17.4 Å². The first-order valence-corrected chi connectivity index (χ1v) is 10.3. The second kappa shape index (κ2) is 10.2. The van der Waals surface area contributed by atoms with E-state index < -0.39 is 0 Å². The molecule has 0 atom stereocenters. The van der Waals surface area contributed by atoms with Crippen LogP contribution in [0.5, 0.6) is 5.75 Å². The summed E-state index contributed by atoms with van der Waals surface area (Å²) in [5, 5.41) is 6.36. The molecule has 6 nitrogen and oxygen atoms in total. The minimum Gasteiger partial charge on any atom is -0.497 e. The number of hydrogen-bond acceptors (Lipinski definition) is 3. The van der Waals surface area contributed by atoms with Gasteiger partial charge in [0.2, 0.25) is 5.91 Å². The third-order valence-corrected chi connectivity index (χ3v) is 5.54. The number of guanidine groups is 1. The van der Waals surface area contributed by atoms with Gasteiger partial charge in [-0.2, -0.15) is 0 Å². The predicted molar refractivity (Wildman–Crippen MR) is 114 cm³/mol. The van der Waals surface area contributed by atoms with Crippen LogP contribution in [-0.2, 0) is 4.79 Å². The van der Waals surface area contributed by atoms with Gasteiger partial charge in [-0.1, -0.05) is 37.5 Å². The minimum absolute atomic E-state index is 0.0534. The summed E-state index contributed by atoms with van der Waals surface area (Å²) < 4.78 is 5.33. The summed E-state index contributed by atoms with van der Waals surface area (Å²) in [5.74, 6) is 1.71. The standard InChI is InChI=1S/C22H32N4O2/c1-23-22(24-16-21(27)25-19-8-4-3-5-9-19)26-13-11-17(12-14-26)18-7-6-10-20(15-18)28-2/h6-7,10-11,15,19H,3-5,8-9,12-14,16H2,1-2H3,(H,23,24)(H,25,27). The van der Waals surface area contributed by atoms with E-state index in [0.29, 0.717) is 6.04 Å². The molecule has 2 N–H and O–H groups in total. The number of carbonyl (C=O) groups is 1. The zero-order valence-corrected chi connectivity index (χ0v) is 17.0. The van der Waals surface area contributed by atoms with E-state index >= 15 is 0 Å². The van der Waals surface area contributed by atoms with E-state index in [0.717, 1.165) is 44.1 Å². The second-order valence-corrected chi connectivity index (χ2v) is 7.46. The van der Waals surface area contributed by atoms with E-state index in [1.807, 2.05) is 12.1 Å². The van der Waals surface area contributed by atoms with E-state index in [1.165, 1.54) is 30.4 Å². The molecule has 1 saturated carbocycles. The highest BCUT2D eigenvalue weighted by Gasteiger charge is 2.19.